The number of para-hydroxylation sites is 2. The first-order valence-corrected chi connectivity index (χ1v) is 11.5. The minimum absolute atomic E-state index is 0.143. The van der Waals surface area contributed by atoms with Gasteiger partial charge in [0, 0.05) is 16.8 Å². The molecule has 4 aromatic rings. The van der Waals surface area contributed by atoms with Gasteiger partial charge in [-0.05, 0) is 31.2 Å². The van der Waals surface area contributed by atoms with Crippen LogP contribution in [0.1, 0.15) is 12.5 Å². The number of hydrogen-bond acceptors (Lipinski definition) is 6. The van der Waals surface area contributed by atoms with Gasteiger partial charge in [0.2, 0.25) is 0 Å². The highest BCUT2D eigenvalue weighted by Gasteiger charge is 2.17. The third-order valence-electron chi connectivity index (χ3n) is 4.62. The highest BCUT2D eigenvalue weighted by atomic mass is 32.2. The fourth-order valence-electron chi connectivity index (χ4n) is 3.16. The van der Waals surface area contributed by atoms with Crippen LogP contribution in [0.5, 0.6) is 5.75 Å². The van der Waals surface area contributed by atoms with E-state index in [1.165, 1.54) is 11.8 Å². The first-order valence-electron chi connectivity index (χ1n) is 10.5. The van der Waals surface area contributed by atoms with E-state index >= 15 is 0 Å². The molecule has 166 valence electrons. The number of hydrazone groups is 1. The minimum atomic E-state index is -0.242. The van der Waals surface area contributed by atoms with Crippen LogP contribution in [-0.4, -0.2) is 39.2 Å². The van der Waals surface area contributed by atoms with E-state index in [2.05, 4.69) is 20.7 Å². The van der Waals surface area contributed by atoms with Gasteiger partial charge < -0.3 is 4.74 Å². The van der Waals surface area contributed by atoms with Crippen LogP contribution in [-0.2, 0) is 4.79 Å². The number of benzene rings is 3. The molecule has 0 aliphatic rings. The maximum atomic E-state index is 12.4. The van der Waals surface area contributed by atoms with Gasteiger partial charge in [0.15, 0.2) is 11.0 Å². The lowest BCUT2D eigenvalue weighted by atomic mass is 10.2. The molecule has 0 radical (unpaired) electrons. The summed E-state index contributed by atoms with van der Waals surface area (Å²) in [4.78, 5) is 12.4. The van der Waals surface area contributed by atoms with Gasteiger partial charge >= 0.3 is 0 Å². The van der Waals surface area contributed by atoms with E-state index in [4.69, 9.17) is 4.74 Å². The highest BCUT2D eigenvalue weighted by Crippen LogP contribution is 2.27. The Morgan fingerprint density at radius 2 is 1.70 bits per heavy atom. The Bertz CT molecular complexity index is 1230. The van der Waals surface area contributed by atoms with Crippen molar-refractivity contribution in [3.8, 4) is 22.8 Å². The lowest BCUT2D eigenvalue weighted by Crippen LogP contribution is -2.20. The second-order valence-corrected chi connectivity index (χ2v) is 7.84. The summed E-state index contributed by atoms with van der Waals surface area (Å²) in [6.07, 6.45) is 1.58. The van der Waals surface area contributed by atoms with Crippen molar-refractivity contribution in [3.63, 3.8) is 0 Å². The first-order chi connectivity index (χ1) is 16.3. The topological polar surface area (TPSA) is 81.4 Å². The fourth-order valence-corrected chi connectivity index (χ4v) is 3.90. The molecule has 0 spiro atoms. The van der Waals surface area contributed by atoms with Crippen LogP contribution in [0.3, 0.4) is 0 Å². The maximum Gasteiger partial charge on any atom is 0.250 e. The summed E-state index contributed by atoms with van der Waals surface area (Å²) in [7, 11) is 0. The molecule has 0 aliphatic carbocycles. The van der Waals surface area contributed by atoms with Crippen molar-refractivity contribution < 1.29 is 9.53 Å². The van der Waals surface area contributed by atoms with Crippen molar-refractivity contribution in [2.24, 2.45) is 5.10 Å². The van der Waals surface area contributed by atoms with E-state index in [9.17, 15) is 4.79 Å². The Kier molecular flexibility index (Phi) is 7.50. The molecule has 1 N–H and O–H groups in total. The molecule has 8 heteroatoms. The number of carbonyl (C=O) groups excluding carboxylic acids is 1. The molecule has 0 aliphatic heterocycles. The molecule has 1 amide bonds. The second-order valence-electron chi connectivity index (χ2n) is 6.90. The van der Waals surface area contributed by atoms with Gasteiger partial charge in [0.05, 0.1) is 18.6 Å². The van der Waals surface area contributed by atoms with Gasteiger partial charge in [0.25, 0.3) is 5.91 Å². The number of aromatic nitrogens is 3. The second kappa shape index (κ2) is 11.1. The summed E-state index contributed by atoms with van der Waals surface area (Å²) in [5.74, 6) is 1.34. The third kappa shape index (κ3) is 5.67. The molecular formula is C25H23N5O2S. The van der Waals surface area contributed by atoms with Gasteiger partial charge in [-0.15, -0.1) is 10.2 Å². The van der Waals surface area contributed by atoms with Crippen molar-refractivity contribution in [2.75, 3.05) is 12.4 Å². The van der Waals surface area contributed by atoms with Crippen molar-refractivity contribution in [3.05, 3.63) is 90.5 Å². The Labute approximate surface area is 196 Å². The molecule has 0 bridgehead atoms. The number of rotatable bonds is 9. The SMILES string of the molecule is CCOc1ccccc1C=NNC(=O)CSc1nnc(-c2ccccc2)n1-c1ccccc1. The van der Waals surface area contributed by atoms with Crippen LogP contribution in [0, 0.1) is 0 Å². The van der Waals surface area contributed by atoms with Gasteiger partial charge in [-0.1, -0.05) is 72.4 Å². The third-order valence-corrected chi connectivity index (χ3v) is 5.55. The minimum Gasteiger partial charge on any atom is -0.493 e. The van der Waals surface area contributed by atoms with Gasteiger partial charge in [-0.2, -0.15) is 5.10 Å². The van der Waals surface area contributed by atoms with Crippen LogP contribution < -0.4 is 10.2 Å². The number of carbonyl (C=O) groups is 1. The number of thioether (sulfide) groups is 1. The molecule has 0 atom stereocenters. The smallest absolute Gasteiger partial charge is 0.250 e. The maximum absolute atomic E-state index is 12.4. The van der Waals surface area contributed by atoms with Crippen LogP contribution in [0.15, 0.2) is 95.2 Å². The summed E-state index contributed by atoms with van der Waals surface area (Å²) in [6, 6.07) is 27.2. The van der Waals surface area contributed by atoms with Crippen LogP contribution in [0.25, 0.3) is 17.1 Å². The number of hydrogen-bond donors (Lipinski definition) is 1. The summed E-state index contributed by atoms with van der Waals surface area (Å²) in [6.45, 7) is 2.48. The van der Waals surface area contributed by atoms with Crippen LogP contribution in [0.2, 0.25) is 0 Å². The Morgan fingerprint density at radius 1 is 1.00 bits per heavy atom. The molecule has 33 heavy (non-hydrogen) atoms. The van der Waals surface area contributed by atoms with Gasteiger partial charge in [0.1, 0.15) is 5.75 Å². The molecule has 4 rings (SSSR count). The average Bonchev–Trinajstić information content (AvgIpc) is 3.29. The Balaban J connectivity index is 1.46. The Morgan fingerprint density at radius 3 is 2.45 bits per heavy atom. The van der Waals surface area contributed by atoms with E-state index in [0.29, 0.717) is 11.8 Å². The summed E-state index contributed by atoms with van der Waals surface area (Å²) < 4.78 is 7.52. The van der Waals surface area contributed by atoms with Crippen molar-refractivity contribution in [1.29, 1.82) is 0 Å². The Hall–Kier alpha value is -3.91. The standard InChI is InChI=1S/C25H23N5O2S/c1-2-32-22-16-10-9-13-20(22)17-26-27-23(31)18-33-25-29-28-24(19-11-5-3-6-12-19)30(25)21-14-7-4-8-15-21/h3-17H,2,18H2,1H3,(H,27,31). The molecule has 0 saturated heterocycles. The zero-order chi connectivity index (χ0) is 22.9. The van der Waals surface area contributed by atoms with E-state index in [0.717, 1.165) is 28.4 Å². The quantitative estimate of drug-likeness (QED) is 0.226. The largest absolute Gasteiger partial charge is 0.493 e. The predicted octanol–water partition coefficient (Wildman–Crippen LogP) is 4.58. The zero-order valence-corrected chi connectivity index (χ0v) is 18.9. The number of nitrogens with one attached hydrogen (secondary N) is 1. The van der Waals surface area contributed by atoms with Crippen LogP contribution >= 0.6 is 11.8 Å². The van der Waals surface area contributed by atoms with E-state index < -0.39 is 0 Å². The highest BCUT2D eigenvalue weighted by molar-refractivity contribution is 7.99. The van der Waals surface area contributed by atoms with Crippen molar-refractivity contribution >= 4 is 23.9 Å². The molecule has 1 heterocycles. The van der Waals surface area contributed by atoms with E-state index in [-0.39, 0.29) is 11.7 Å². The predicted molar refractivity (Wildman–Crippen MR) is 131 cm³/mol. The van der Waals surface area contributed by atoms with E-state index in [1.54, 1.807) is 6.21 Å². The van der Waals surface area contributed by atoms with Crippen molar-refractivity contribution in [2.45, 2.75) is 12.1 Å². The van der Waals surface area contributed by atoms with Crippen LogP contribution in [0.4, 0.5) is 0 Å². The van der Waals surface area contributed by atoms with E-state index in [1.807, 2.05) is 96.4 Å². The van der Waals surface area contributed by atoms with Gasteiger partial charge in [-0.3, -0.25) is 9.36 Å². The molecule has 0 unspecified atom stereocenters. The molecule has 7 nitrogen and oxygen atoms in total. The summed E-state index contributed by atoms with van der Waals surface area (Å²) in [5.41, 5.74) is 5.23. The molecule has 0 saturated carbocycles. The molecule has 1 aromatic heterocycles. The number of amides is 1. The normalized spacial score (nSPS) is 10.9. The van der Waals surface area contributed by atoms with Crippen molar-refractivity contribution in [1.82, 2.24) is 20.2 Å². The summed E-state index contributed by atoms with van der Waals surface area (Å²) in [5, 5.41) is 13.4. The monoisotopic (exact) mass is 457 g/mol. The lowest BCUT2D eigenvalue weighted by Gasteiger charge is -2.10. The zero-order valence-electron chi connectivity index (χ0n) is 18.1. The molecule has 0 fully saturated rings. The average molecular weight is 458 g/mol. The first kappa shape index (κ1) is 22.3. The molecule has 3 aromatic carbocycles. The molecular weight excluding hydrogens is 434 g/mol. The van der Waals surface area contributed by atoms with Gasteiger partial charge in [-0.25, -0.2) is 5.43 Å². The number of ether oxygens (including phenoxy) is 1. The lowest BCUT2D eigenvalue weighted by molar-refractivity contribution is -0.118. The fraction of sp³-hybridized carbons (Fsp3) is 0.120. The summed E-state index contributed by atoms with van der Waals surface area (Å²) >= 11 is 1.30. The number of nitrogens with zero attached hydrogens (tertiary/aromatic N) is 4.